The van der Waals surface area contributed by atoms with Crippen molar-refractivity contribution in [2.45, 2.75) is 85.2 Å². The molecule has 0 spiro atoms. The molecule has 1 aromatic carbocycles. The lowest BCUT2D eigenvalue weighted by atomic mass is 9.83. The van der Waals surface area contributed by atoms with Crippen LogP contribution in [0.25, 0.3) is 0 Å². The maximum Gasteiger partial charge on any atom is 0.327 e. The van der Waals surface area contributed by atoms with Crippen molar-refractivity contribution < 1.29 is 14.3 Å². The van der Waals surface area contributed by atoms with Crippen LogP contribution in [0.3, 0.4) is 0 Å². The number of hydrogen-bond acceptors (Lipinski definition) is 3. The molecule has 24 heavy (non-hydrogen) atoms. The highest BCUT2D eigenvalue weighted by molar-refractivity contribution is 7.39. The molecule has 1 aromatic rings. The first-order valence-corrected chi connectivity index (χ1v) is 10.5. The Hall–Kier alpha value is -0.470. The minimum Gasteiger partial charge on any atom is -0.328 e. The van der Waals surface area contributed by atoms with Gasteiger partial charge < -0.3 is 14.3 Å². The number of unbranched alkanes of at least 4 members (excludes halogenated alkanes) is 1. The smallest absolute Gasteiger partial charge is 0.327 e. The number of hydrogen-bond donors (Lipinski definition) is 2. The molecule has 0 saturated heterocycles. The van der Waals surface area contributed by atoms with Crippen LogP contribution in [0.2, 0.25) is 0 Å². The first-order valence-electron chi connectivity index (χ1n) is 9.30. The molecule has 138 valence electrons. The summed E-state index contributed by atoms with van der Waals surface area (Å²) in [6.45, 7) is 13.1. The van der Waals surface area contributed by atoms with E-state index in [1.54, 1.807) is 0 Å². The maximum absolute atomic E-state index is 9.52. The predicted molar refractivity (Wildman–Crippen MR) is 103 cm³/mol. The highest BCUT2D eigenvalue weighted by Gasteiger charge is 2.28. The van der Waals surface area contributed by atoms with Gasteiger partial charge >= 0.3 is 8.60 Å². The maximum atomic E-state index is 9.52. The summed E-state index contributed by atoms with van der Waals surface area (Å²) in [5.74, 6) is 1.15. The lowest BCUT2D eigenvalue weighted by Crippen LogP contribution is -2.17. The van der Waals surface area contributed by atoms with Gasteiger partial charge in [0.25, 0.3) is 0 Å². The molecule has 4 heteroatoms. The molecule has 0 aliphatic heterocycles. The fourth-order valence-electron chi connectivity index (χ4n) is 3.25. The number of benzene rings is 1. The molecule has 0 heterocycles. The normalized spacial score (nSPS) is 14.6. The zero-order chi connectivity index (χ0) is 18.3. The zero-order valence-electron chi connectivity index (χ0n) is 16.1. The SMILES string of the molecule is CCCCC(CC)C(OP(O)O)c1ccc(C(C)C)cc1C(C)C. The van der Waals surface area contributed by atoms with Crippen molar-refractivity contribution in [3.05, 3.63) is 34.9 Å². The standard InChI is InChI=1S/C20H35O3P/c1-7-9-10-16(8-2)20(23-24(21)22)18-12-11-17(14(3)4)13-19(18)15(5)6/h11-16,20-22H,7-10H2,1-6H3. The second-order valence-corrected chi connectivity index (χ2v) is 8.00. The molecule has 0 saturated carbocycles. The average molecular weight is 354 g/mol. The monoisotopic (exact) mass is 354 g/mol. The van der Waals surface area contributed by atoms with E-state index in [-0.39, 0.29) is 6.10 Å². The minimum absolute atomic E-state index is 0.249. The van der Waals surface area contributed by atoms with E-state index < -0.39 is 8.60 Å². The van der Waals surface area contributed by atoms with Crippen molar-refractivity contribution in [2.75, 3.05) is 0 Å². The summed E-state index contributed by atoms with van der Waals surface area (Å²) in [5.41, 5.74) is 3.70. The van der Waals surface area contributed by atoms with E-state index in [4.69, 9.17) is 4.52 Å². The third-order valence-electron chi connectivity index (χ3n) is 4.79. The predicted octanol–water partition coefficient (Wildman–Crippen LogP) is 6.42. The van der Waals surface area contributed by atoms with Crippen LogP contribution in [-0.2, 0) is 4.52 Å². The Morgan fingerprint density at radius 2 is 1.67 bits per heavy atom. The lowest BCUT2D eigenvalue weighted by Gasteiger charge is -2.30. The van der Waals surface area contributed by atoms with Gasteiger partial charge in [0, 0.05) is 0 Å². The first-order chi connectivity index (χ1) is 11.3. The highest BCUT2D eigenvalue weighted by atomic mass is 31.2. The van der Waals surface area contributed by atoms with Crippen molar-refractivity contribution >= 4 is 8.60 Å². The summed E-state index contributed by atoms with van der Waals surface area (Å²) in [5, 5.41) is 0. The van der Waals surface area contributed by atoms with Gasteiger partial charge in [0.2, 0.25) is 0 Å². The summed E-state index contributed by atoms with van der Waals surface area (Å²) in [6.07, 6.45) is 4.04. The van der Waals surface area contributed by atoms with Crippen LogP contribution >= 0.6 is 8.60 Å². The number of rotatable bonds is 10. The average Bonchev–Trinajstić information content (AvgIpc) is 2.53. The third kappa shape index (κ3) is 6.11. The van der Waals surface area contributed by atoms with Gasteiger partial charge in [-0.2, -0.15) is 0 Å². The molecular weight excluding hydrogens is 319 g/mol. The Morgan fingerprint density at radius 3 is 2.12 bits per heavy atom. The molecule has 0 radical (unpaired) electrons. The van der Waals surface area contributed by atoms with Crippen LogP contribution < -0.4 is 0 Å². The van der Waals surface area contributed by atoms with E-state index in [1.165, 1.54) is 11.1 Å². The molecule has 3 nitrogen and oxygen atoms in total. The largest absolute Gasteiger partial charge is 0.328 e. The molecule has 0 aliphatic rings. The van der Waals surface area contributed by atoms with E-state index in [2.05, 4.69) is 59.7 Å². The van der Waals surface area contributed by atoms with Gasteiger partial charge in [0.05, 0.1) is 6.10 Å². The molecule has 0 aliphatic carbocycles. The van der Waals surface area contributed by atoms with Gasteiger partial charge in [-0.1, -0.05) is 79.0 Å². The van der Waals surface area contributed by atoms with Crippen LogP contribution in [-0.4, -0.2) is 9.79 Å². The second-order valence-electron chi connectivity index (χ2n) is 7.29. The Kier molecular flexibility index (Phi) is 9.44. The fourth-order valence-corrected chi connectivity index (χ4v) is 3.73. The van der Waals surface area contributed by atoms with Gasteiger partial charge in [-0.15, -0.1) is 0 Å². The van der Waals surface area contributed by atoms with Crippen molar-refractivity contribution in [1.29, 1.82) is 0 Å². The summed E-state index contributed by atoms with van der Waals surface area (Å²) < 4.78 is 5.65. The van der Waals surface area contributed by atoms with Crippen molar-refractivity contribution in [3.8, 4) is 0 Å². The topological polar surface area (TPSA) is 49.7 Å². The zero-order valence-corrected chi connectivity index (χ0v) is 17.0. The molecule has 0 amide bonds. The summed E-state index contributed by atoms with van der Waals surface area (Å²) >= 11 is 0. The molecule has 0 aromatic heterocycles. The molecular formula is C20H35O3P. The Bertz CT molecular complexity index is 486. The van der Waals surface area contributed by atoms with E-state index >= 15 is 0 Å². The minimum atomic E-state index is -2.37. The van der Waals surface area contributed by atoms with E-state index in [9.17, 15) is 9.79 Å². The van der Waals surface area contributed by atoms with Crippen LogP contribution in [0, 0.1) is 5.92 Å². The Morgan fingerprint density at radius 1 is 1.00 bits per heavy atom. The highest BCUT2D eigenvalue weighted by Crippen LogP contribution is 2.44. The molecule has 2 atom stereocenters. The molecule has 0 bridgehead atoms. The van der Waals surface area contributed by atoms with Gasteiger partial charge in [0.1, 0.15) is 0 Å². The first kappa shape index (κ1) is 21.6. The quantitative estimate of drug-likeness (QED) is 0.477. The van der Waals surface area contributed by atoms with Crippen LogP contribution in [0.1, 0.15) is 102 Å². The fraction of sp³-hybridized carbons (Fsp3) is 0.700. The van der Waals surface area contributed by atoms with Crippen LogP contribution in [0.5, 0.6) is 0 Å². The van der Waals surface area contributed by atoms with Crippen molar-refractivity contribution in [1.82, 2.24) is 0 Å². The van der Waals surface area contributed by atoms with Gasteiger partial charge in [0.15, 0.2) is 0 Å². The summed E-state index contributed by atoms with van der Waals surface area (Å²) in [4.78, 5) is 19.0. The Labute approximate surface area is 149 Å². The summed E-state index contributed by atoms with van der Waals surface area (Å²) in [6, 6.07) is 6.57. The second kappa shape index (κ2) is 10.5. The lowest BCUT2D eigenvalue weighted by molar-refractivity contribution is 0.105. The molecule has 2 N–H and O–H groups in total. The van der Waals surface area contributed by atoms with Gasteiger partial charge in [-0.05, 0) is 40.9 Å². The van der Waals surface area contributed by atoms with Crippen LogP contribution in [0.15, 0.2) is 18.2 Å². The van der Waals surface area contributed by atoms with E-state index in [1.807, 2.05) is 0 Å². The third-order valence-corrected chi connectivity index (χ3v) is 5.21. The van der Waals surface area contributed by atoms with Crippen molar-refractivity contribution in [3.63, 3.8) is 0 Å². The van der Waals surface area contributed by atoms with Gasteiger partial charge in [-0.25, -0.2) is 0 Å². The van der Waals surface area contributed by atoms with E-state index in [0.29, 0.717) is 17.8 Å². The molecule has 1 rings (SSSR count). The van der Waals surface area contributed by atoms with Crippen molar-refractivity contribution in [2.24, 2.45) is 5.92 Å². The van der Waals surface area contributed by atoms with Gasteiger partial charge in [-0.3, -0.25) is 0 Å². The molecule has 0 fully saturated rings. The molecule has 2 unspecified atom stereocenters. The summed E-state index contributed by atoms with van der Waals surface area (Å²) in [7, 11) is -2.37. The van der Waals surface area contributed by atoms with E-state index in [0.717, 1.165) is 31.2 Å². The van der Waals surface area contributed by atoms with Crippen LogP contribution in [0.4, 0.5) is 0 Å². The Balaban J connectivity index is 3.29.